The number of ketones is 1. The van der Waals surface area contributed by atoms with E-state index in [2.05, 4.69) is 6.58 Å². The van der Waals surface area contributed by atoms with Crippen molar-refractivity contribution in [1.29, 1.82) is 0 Å². The van der Waals surface area contributed by atoms with Gasteiger partial charge in [0.05, 0.1) is 0 Å². The number of carbonyl (C=O) groups is 1. The van der Waals surface area contributed by atoms with Gasteiger partial charge in [-0.15, -0.1) is 6.58 Å². The van der Waals surface area contributed by atoms with Crippen LogP contribution in [0.25, 0.3) is 0 Å². The molecule has 62 valence electrons. The predicted octanol–water partition coefficient (Wildman–Crippen LogP) is 2.69. The van der Waals surface area contributed by atoms with E-state index in [1.807, 2.05) is 37.3 Å². The van der Waals surface area contributed by atoms with Gasteiger partial charge < -0.3 is 0 Å². The van der Waals surface area contributed by atoms with Crippen LogP contribution >= 0.6 is 0 Å². The molecular weight excluding hydrogens is 148 g/mol. The Labute approximate surface area is 72.7 Å². The van der Waals surface area contributed by atoms with Crippen molar-refractivity contribution in [3.63, 3.8) is 0 Å². The second-order valence-electron chi connectivity index (χ2n) is 2.75. The summed E-state index contributed by atoms with van der Waals surface area (Å²) in [5.41, 5.74) is 0.755. The molecule has 1 aromatic carbocycles. The largest absolute Gasteiger partial charge is 0.294 e. The number of benzene rings is 1. The van der Waals surface area contributed by atoms with Crippen LogP contribution in [-0.2, 0) is 0 Å². The second kappa shape index (κ2) is 3.86. The molecule has 0 radical (unpaired) electrons. The average Bonchev–Trinajstić information content (AvgIpc) is 2.17. The summed E-state index contributed by atoms with van der Waals surface area (Å²) in [6, 6.07) is 9.27. The van der Waals surface area contributed by atoms with Crippen LogP contribution in [0.5, 0.6) is 0 Å². The Morgan fingerprint density at radius 1 is 1.42 bits per heavy atom. The third kappa shape index (κ3) is 1.82. The standard InChI is InChI=1S/C11H12O/c1-3-9(2)11(12)10-7-5-4-6-8-10/h3-9H,1H2,2H3. The fourth-order valence-corrected chi connectivity index (χ4v) is 0.972. The molecule has 1 aromatic rings. The summed E-state index contributed by atoms with van der Waals surface area (Å²) in [5, 5.41) is 0. The Kier molecular flexibility index (Phi) is 2.81. The highest BCUT2D eigenvalue weighted by Gasteiger charge is 2.09. The van der Waals surface area contributed by atoms with Gasteiger partial charge in [0.15, 0.2) is 5.78 Å². The number of allylic oxidation sites excluding steroid dienone is 1. The van der Waals surface area contributed by atoms with Gasteiger partial charge in [-0.2, -0.15) is 0 Å². The molecule has 1 atom stereocenters. The van der Waals surface area contributed by atoms with E-state index in [1.165, 1.54) is 0 Å². The molecule has 0 saturated carbocycles. The Hall–Kier alpha value is -1.37. The number of rotatable bonds is 3. The highest BCUT2D eigenvalue weighted by Crippen LogP contribution is 2.08. The maximum absolute atomic E-state index is 11.5. The van der Waals surface area contributed by atoms with E-state index in [4.69, 9.17) is 0 Å². The van der Waals surface area contributed by atoms with E-state index >= 15 is 0 Å². The van der Waals surface area contributed by atoms with Crippen LogP contribution in [0.1, 0.15) is 17.3 Å². The number of carbonyl (C=O) groups excluding carboxylic acids is 1. The lowest BCUT2D eigenvalue weighted by Gasteiger charge is -2.03. The van der Waals surface area contributed by atoms with Crippen molar-refractivity contribution in [3.05, 3.63) is 48.6 Å². The molecule has 0 N–H and O–H groups in total. The maximum Gasteiger partial charge on any atom is 0.169 e. The zero-order valence-corrected chi connectivity index (χ0v) is 7.16. The maximum atomic E-state index is 11.5. The van der Waals surface area contributed by atoms with Crippen molar-refractivity contribution in [1.82, 2.24) is 0 Å². The summed E-state index contributed by atoms with van der Waals surface area (Å²) in [5.74, 6) is 0.0398. The average molecular weight is 160 g/mol. The van der Waals surface area contributed by atoms with Crippen molar-refractivity contribution in [2.45, 2.75) is 6.92 Å². The van der Waals surface area contributed by atoms with Crippen LogP contribution in [-0.4, -0.2) is 5.78 Å². The molecule has 0 fully saturated rings. The summed E-state index contributed by atoms with van der Waals surface area (Å²) in [4.78, 5) is 11.5. The fraction of sp³-hybridized carbons (Fsp3) is 0.182. The molecule has 0 heterocycles. The van der Waals surface area contributed by atoms with Gasteiger partial charge in [0.1, 0.15) is 0 Å². The van der Waals surface area contributed by atoms with Crippen LogP contribution < -0.4 is 0 Å². The molecule has 0 aliphatic heterocycles. The first-order valence-corrected chi connectivity index (χ1v) is 3.97. The summed E-state index contributed by atoms with van der Waals surface area (Å²) in [7, 11) is 0. The van der Waals surface area contributed by atoms with Gasteiger partial charge in [0.2, 0.25) is 0 Å². The Morgan fingerprint density at radius 2 is 2.00 bits per heavy atom. The van der Waals surface area contributed by atoms with E-state index in [1.54, 1.807) is 6.08 Å². The first-order valence-electron chi connectivity index (χ1n) is 3.97. The van der Waals surface area contributed by atoms with E-state index < -0.39 is 0 Å². The smallest absolute Gasteiger partial charge is 0.169 e. The molecule has 0 spiro atoms. The first-order chi connectivity index (χ1) is 5.75. The van der Waals surface area contributed by atoms with Gasteiger partial charge >= 0.3 is 0 Å². The SMILES string of the molecule is C=CC(C)C(=O)c1ccccc1. The molecule has 1 heteroatoms. The summed E-state index contributed by atoms with van der Waals surface area (Å²) in [6.07, 6.45) is 1.66. The Bertz CT molecular complexity index is 274. The van der Waals surface area contributed by atoms with Crippen LogP contribution in [0, 0.1) is 5.92 Å². The zero-order valence-electron chi connectivity index (χ0n) is 7.16. The van der Waals surface area contributed by atoms with E-state index in [0.29, 0.717) is 0 Å². The Balaban J connectivity index is 2.85. The first kappa shape index (κ1) is 8.72. The minimum atomic E-state index is -0.0904. The van der Waals surface area contributed by atoms with E-state index in [0.717, 1.165) is 5.56 Å². The molecular formula is C11H12O. The molecule has 0 aliphatic rings. The molecule has 12 heavy (non-hydrogen) atoms. The lowest BCUT2D eigenvalue weighted by atomic mass is 10.00. The third-order valence-electron chi connectivity index (χ3n) is 1.83. The summed E-state index contributed by atoms with van der Waals surface area (Å²) in [6.45, 7) is 5.44. The van der Waals surface area contributed by atoms with Gasteiger partial charge in [0, 0.05) is 11.5 Å². The lowest BCUT2D eigenvalue weighted by molar-refractivity contribution is 0.0953. The van der Waals surface area contributed by atoms with Gasteiger partial charge in [-0.3, -0.25) is 4.79 Å². The summed E-state index contributed by atoms with van der Waals surface area (Å²) >= 11 is 0. The molecule has 0 saturated heterocycles. The van der Waals surface area contributed by atoms with Gasteiger partial charge in [-0.05, 0) is 0 Å². The normalized spacial score (nSPS) is 12.1. The van der Waals surface area contributed by atoms with Gasteiger partial charge in [0.25, 0.3) is 0 Å². The van der Waals surface area contributed by atoms with Crippen molar-refractivity contribution >= 4 is 5.78 Å². The van der Waals surface area contributed by atoms with Crippen LogP contribution in [0.3, 0.4) is 0 Å². The lowest BCUT2D eigenvalue weighted by Crippen LogP contribution is -2.07. The predicted molar refractivity (Wildman–Crippen MR) is 50.1 cm³/mol. The van der Waals surface area contributed by atoms with Gasteiger partial charge in [-0.1, -0.05) is 43.3 Å². The molecule has 0 bridgehead atoms. The van der Waals surface area contributed by atoms with Crippen LogP contribution in [0.15, 0.2) is 43.0 Å². The topological polar surface area (TPSA) is 17.1 Å². The quantitative estimate of drug-likeness (QED) is 0.490. The molecule has 1 nitrogen and oxygen atoms in total. The molecule has 0 aromatic heterocycles. The Morgan fingerprint density at radius 3 is 2.50 bits per heavy atom. The van der Waals surface area contributed by atoms with Gasteiger partial charge in [-0.25, -0.2) is 0 Å². The van der Waals surface area contributed by atoms with Crippen molar-refractivity contribution < 1.29 is 4.79 Å². The minimum Gasteiger partial charge on any atom is -0.294 e. The summed E-state index contributed by atoms with van der Waals surface area (Å²) < 4.78 is 0. The second-order valence-corrected chi connectivity index (χ2v) is 2.75. The fourth-order valence-electron chi connectivity index (χ4n) is 0.972. The molecule has 1 rings (SSSR count). The molecule has 0 amide bonds. The van der Waals surface area contributed by atoms with Crippen LogP contribution in [0.4, 0.5) is 0 Å². The number of hydrogen-bond acceptors (Lipinski definition) is 1. The third-order valence-corrected chi connectivity index (χ3v) is 1.83. The van der Waals surface area contributed by atoms with Crippen molar-refractivity contribution in [2.24, 2.45) is 5.92 Å². The van der Waals surface area contributed by atoms with Crippen LogP contribution in [0.2, 0.25) is 0 Å². The highest BCUT2D eigenvalue weighted by molar-refractivity contribution is 5.98. The monoisotopic (exact) mass is 160 g/mol. The zero-order chi connectivity index (χ0) is 8.97. The number of hydrogen-bond donors (Lipinski definition) is 0. The van der Waals surface area contributed by atoms with Crippen molar-refractivity contribution in [3.8, 4) is 0 Å². The molecule has 0 aliphatic carbocycles. The molecule has 1 unspecified atom stereocenters. The highest BCUT2D eigenvalue weighted by atomic mass is 16.1. The van der Waals surface area contributed by atoms with E-state index in [-0.39, 0.29) is 11.7 Å². The van der Waals surface area contributed by atoms with E-state index in [9.17, 15) is 4.79 Å². The number of Topliss-reactive ketones (excluding diaryl/α,β-unsaturated/α-hetero) is 1. The van der Waals surface area contributed by atoms with Crippen molar-refractivity contribution in [2.75, 3.05) is 0 Å². The minimum absolute atomic E-state index is 0.0904.